The van der Waals surface area contributed by atoms with Gasteiger partial charge in [-0.2, -0.15) is 0 Å². The van der Waals surface area contributed by atoms with Crippen LogP contribution in [-0.4, -0.2) is 6.04 Å². The summed E-state index contributed by atoms with van der Waals surface area (Å²) in [6.45, 7) is 0. The Morgan fingerprint density at radius 2 is 2.00 bits per heavy atom. The van der Waals surface area contributed by atoms with Crippen LogP contribution in [0.3, 0.4) is 0 Å². The number of thiophene rings is 1. The van der Waals surface area contributed by atoms with Crippen LogP contribution >= 0.6 is 11.3 Å². The van der Waals surface area contributed by atoms with Gasteiger partial charge in [0.25, 0.3) is 0 Å². The Balaban J connectivity index is 1.44. The minimum absolute atomic E-state index is 0.380. The molecule has 1 aliphatic rings. The zero-order chi connectivity index (χ0) is 13.1. The molecule has 1 fully saturated rings. The van der Waals surface area contributed by atoms with Gasteiger partial charge >= 0.3 is 0 Å². The average Bonchev–Trinajstić information content (AvgIpc) is 3.09. The molecule has 0 bridgehead atoms. The summed E-state index contributed by atoms with van der Waals surface area (Å²) in [6, 6.07) is 15.6. The molecule has 1 aromatic carbocycles. The molecule has 1 aliphatic carbocycles. The molecule has 0 radical (unpaired) electrons. The Morgan fingerprint density at radius 3 is 2.74 bits per heavy atom. The molecule has 1 heterocycles. The van der Waals surface area contributed by atoms with E-state index in [-0.39, 0.29) is 0 Å². The molecule has 1 saturated carbocycles. The number of benzene rings is 1. The summed E-state index contributed by atoms with van der Waals surface area (Å²) in [6.07, 6.45) is 4.85. The van der Waals surface area contributed by atoms with Crippen molar-refractivity contribution in [3.8, 4) is 0 Å². The van der Waals surface area contributed by atoms with Crippen LogP contribution in [0.4, 0.5) is 0 Å². The molecule has 100 valence electrons. The monoisotopic (exact) mass is 271 g/mol. The first-order valence-electron chi connectivity index (χ1n) is 7.17. The van der Waals surface area contributed by atoms with Crippen molar-refractivity contribution in [2.75, 3.05) is 0 Å². The number of nitrogens with two attached hydrogens (primary N) is 1. The zero-order valence-electron chi connectivity index (χ0n) is 11.2. The molecule has 0 spiro atoms. The molecular formula is C17H21NS. The van der Waals surface area contributed by atoms with Crippen molar-refractivity contribution >= 4 is 11.3 Å². The van der Waals surface area contributed by atoms with E-state index in [1.807, 2.05) is 11.3 Å². The molecule has 3 unspecified atom stereocenters. The Kier molecular flexibility index (Phi) is 4.00. The second kappa shape index (κ2) is 5.89. The summed E-state index contributed by atoms with van der Waals surface area (Å²) in [5.74, 6) is 1.43. The predicted molar refractivity (Wildman–Crippen MR) is 82.5 cm³/mol. The number of hydrogen-bond donors (Lipinski definition) is 1. The summed E-state index contributed by atoms with van der Waals surface area (Å²) in [5, 5.41) is 2.15. The van der Waals surface area contributed by atoms with Gasteiger partial charge in [-0.15, -0.1) is 11.3 Å². The fraction of sp³-hybridized carbons (Fsp3) is 0.412. The normalized spacial score (nSPS) is 23.2. The van der Waals surface area contributed by atoms with Crippen molar-refractivity contribution in [2.45, 2.75) is 37.6 Å². The smallest absolute Gasteiger partial charge is 0.00733 e. The summed E-state index contributed by atoms with van der Waals surface area (Å²) in [4.78, 5) is 1.49. The van der Waals surface area contributed by atoms with E-state index in [9.17, 15) is 0 Å². The van der Waals surface area contributed by atoms with Gasteiger partial charge < -0.3 is 5.73 Å². The third-order valence-corrected chi connectivity index (χ3v) is 5.09. The molecule has 2 N–H and O–H groups in total. The number of rotatable bonds is 6. The van der Waals surface area contributed by atoms with Gasteiger partial charge in [0.05, 0.1) is 0 Å². The lowest BCUT2D eigenvalue weighted by molar-refractivity contribution is 0.520. The van der Waals surface area contributed by atoms with Crippen LogP contribution in [0.5, 0.6) is 0 Å². The second-order valence-electron chi connectivity index (χ2n) is 5.55. The predicted octanol–water partition coefficient (Wildman–Crippen LogP) is 4.20. The topological polar surface area (TPSA) is 26.0 Å². The lowest BCUT2D eigenvalue weighted by atomic mass is 10.0. The molecule has 1 nitrogen and oxygen atoms in total. The number of hydrogen-bond acceptors (Lipinski definition) is 2. The highest BCUT2D eigenvalue weighted by molar-refractivity contribution is 7.09. The van der Waals surface area contributed by atoms with E-state index in [0.29, 0.717) is 12.0 Å². The van der Waals surface area contributed by atoms with Crippen molar-refractivity contribution in [3.05, 3.63) is 58.3 Å². The van der Waals surface area contributed by atoms with E-state index in [4.69, 9.17) is 5.73 Å². The van der Waals surface area contributed by atoms with Crippen LogP contribution in [0.2, 0.25) is 0 Å². The SMILES string of the molecule is NC(CCCc1cccs1)C1CC1c1ccccc1. The van der Waals surface area contributed by atoms with Crippen LogP contribution in [0.15, 0.2) is 47.8 Å². The molecule has 0 saturated heterocycles. The third-order valence-electron chi connectivity index (χ3n) is 4.16. The molecule has 19 heavy (non-hydrogen) atoms. The van der Waals surface area contributed by atoms with E-state index in [2.05, 4.69) is 47.8 Å². The molecule has 0 aliphatic heterocycles. The minimum atomic E-state index is 0.380. The van der Waals surface area contributed by atoms with Gasteiger partial charge in [0.1, 0.15) is 0 Å². The first-order valence-corrected chi connectivity index (χ1v) is 8.05. The first-order chi connectivity index (χ1) is 9.34. The largest absolute Gasteiger partial charge is 0.327 e. The second-order valence-corrected chi connectivity index (χ2v) is 6.58. The highest BCUT2D eigenvalue weighted by Crippen LogP contribution is 2.49. The quantitative estimate of drug-likeness (QED) is 0.837. The van der Waals surface area contributed by atoms with Gasteiger partial charge in [-0.05, 0) is 54.5 Å². The summed E-state index contributed by atoms with van der Waals surface area (Å²) in [7, 11) is 0. The maximum atomic E-state index is 6.35. The van der Waals surface area contributed by atoms with Crippen molar-refractivity contribution < 1.29 is 0 Å². The first kappa shape index (κ1) is 12.9. The van der Waals surface area contributed by atoms with Crippen molar-refractivity contribution in [3.63, 3.8) is 0 Å². The van der Waals surface area contributed by atoms with E-state index >= 15 is 0 Å². The Labute approximate surface area is 119 Å². The molecule has 3 atom stereocenters. The highest BCUT2D eigenvalue weighted by Gasteiger charge is 2.41. The summed E-state index contributed by atoms with van der Waals surface area (Å²) < 4.78 is 0. The molecule has 2 aromatic rings. The van der Waals surface area contributed by atoms with Crippen LogP contribution in [0.25, 0.3) is 0 Å². The standard InChI is InChI=1S/C17H21NS/c18-17(10-4-8-14-9-5-11-19-14)16-12-15(16)13-6-2-1-3-7-13/h1-3,5-7,9,11,15-17H,4,8,10,12,18H2. The lowest BCUT2D eigenvalue weighted by Gasteiger charge is -2.11. The minimum Gasteiger partial charge on any atom is -0.327 e. The van der Waals surface area contributed by atoms with Crippen molar-refractivity contribution in [1.82, 2.24) is 0 Å². The fourth-order valence-corrected chi connectivity index (χ4v) is 3.70. The van der Waals surface area contributed by atoms with Gasteiger partial charge in [0.2, 0.25) is 0 Å². The molecular weight excluding hydrogens is 250 g/mol. The highest BCUT2D eigenvalue weighted by atomic mass is 32.1. The van der Waals surface area contributed by atoms with E-state index in [1.165, 1.54) is 29.7 Å². The van der Waals surface area contributed by atoms with E-state index in [0.717, 1.165) is 12.3 Å². The van der Waals surface area contributed by atoms with Gasteiger partial charge in [0, 0.05) is 10.9 Å². The van der Waals surface area contributed by atoms with Gasteiger partial charge in [-0.3, -0.25) is 0 Å². The zero-order valence-corrected chi connectivity index (χ0v) is 12.0. The van der Waals surface area contributed by atoms with Crippen LogP contribution < -0.4 is 5.73 Å². The third kappa shape index (κ3) is 3.26. The van der Waals surface area contributed by atoms with Crippen molar-refractivity contribution in [2.24, 2.45) is 11.7 Å². The summed E-state index contributed by atoms with van der Waals surface area (Å²) in [5.41, 5.74) is 7.82. The summed E-state index contributed by atoms with van der Waals surface area (Å²) >= 11 is 1.86. The fourth-order valence-electron chi connectivity index (χ4n) is 2.95. The van der Waals surface area contributed by atoms with Crippen LogP contribution in [0.1, 0.15) is 35.6 Å². The maximum Gasteiger partial charge on any atom is 0.00733 e. The lowest BCUT2D eigenvalue weighted by Crippen LogP contribution is -2.23. The number of aryl methyl sites for hydroxylation is 1. The van der Waals surface area contributed by atoms with Crippen LogP contribution in [-0.2, 0) is 6.42 Å². The van der Waals surface area contributed by atoms with E-state index < -0.39 is 0 Å². The maximum absolute atomic E-state index is 6.35. The average molecular weight is 271 g/mol. The van der Waals surface area contributed by atoms with Gasteiger partial charge in [-0.25, -0.2) is 0 Å². The Morgan fingerprint density at radius 1 is 1.16 bits per heavy atom. The van der Waals surface area contributed by atoms with Gasteiger partial charge in [0.15, 0.2) is 0 Å². The van der Waals surface area contributed by atoms with Crippen LogP contribution in [0, 0.1) is 5.92 Å². The van der Waals surface area contributed by atoms with E-state index in [1.54, 1.807) is 0 Å². The molecule has 0 amide bonds. The van der Waals surface area contributed by atoms with Crippen molar-refractivity contribution in [1.29, 1.82) is 0 Å². The molecule has 1 aromatic heterocycles. The molecule has 2 heteroatoms. The Bertz CT molecular complexity index is 491. The Hall–Kier alpha value is -1.12. The van der Waals surface area contributed by atoms with Gasteiger partial charge in [-0.1, -0.05) is 36.4 Å². The molecule has 3 rings (SSSR count).